The van der Waals surface area contributed by atoms with Gasteiger partial charge in [0.15, 0.2) is 0 Å². The highest BCUT2D eigenvalue weighted by Gasteiger charge is 2.64. The summed E-state index contributed by atoms with van der Waals surface area (Å²) in [5.41, 5.74) is 2.94. The average Bonchev–Trinajstić information content (AvgIpc) is 2.46. The van der Waals surface area contributed by atoms with E-state index in [9.17, 15) is 0 Å². The van der Waals surface area contributed by atoms with Crippen molar-refractivity contribution in [1.82, 2.24) is 0 Å². The summed E-state index contributed by atoms with van der Waals surface area (Å²) in [4.78, 5) is 4.18. The van der Waals surface area contributed by atoms with Crippen LogP contribution in [0.2, 0.25) is 0 Å². The van der Waals surface area contributed by atoms with Crippen molar-refractivity contribution in [2.75, 3.05) is 0 Å². The minimum Gasteiger partial charge on any atom is -0.310 e. The summed E-state index contributed by atoms with van der Waals surface area (Å²) < 4.78 is 0. The molecule has 1 heteroatoms. The lowest BCUT2D eigenvalue weighted by atomic mass is 9.41. The molecule has 0 aromatic rings. The van der Waals surface area contributed by atoms with E-state index in [4.69, 9.17) is 6.57 Å². The molecule has 0 bridgehead atoms. The zero-order valence-corrected chi connectivity index (χ0v) is 14.8. The highest BCUT2D eigenvalue weighted by atomic mass is 14.9. The van der Waals surface area contributed by atoms with Gasteiger partial charge in [-0.05, 0) is 63.7 Å². The van der Waals surface area contributed by atoms with Crippen LogP contribution >= 0.6 is 0 Å². The molecule has 3 aliphatic carbocycles. The van der Waals surface area contributed by atoms with Crippen LogP contribution in [0.15, 0.2) is 23.8 Å². The molecule has 0 amide bonds. The summed E-state index contributed by atoms with van der Waals surface area (Å²) >= 11 is 0. The first-order chi connectivity index (χ1) is 10.3. The molecule has 1 spiro atoms. The summed E-state index contributed by atoms with van der Waals surface area (Å²) in [6.45, 7) is 21.5. The Labute approximate surface area is 136 Å². The Balaban J connectivity index is 2.20. The van der Waals surface area contributed by atoms with Crippen LogP contribution in [0.3, 0.4) is 0 Å². The maximum Gasteiger partial charge on any atom is 0.233 e. The van der Waals surface area contributed by atoms with Gasteiger partial charge in [0, 0.05) is 24.7 Å². The minimum absolute atomic E-state index is 0.168. The molecule has 2 unspecified atom stereocenters. The van der Waals surface area contributed by atoms with Crippen molar-refractivity contribution in [2.24, 2.45) is 29.1 Å². The van der Waals surface area contributed by atoms with Crippen molar-refractivity contribution in [3.05, 3.63) is 35.2 Å². The Hall–Kier alpha value is -1.03. The highest BCUT2D eigenvalue weighted by Crippen LogP contribution is 2.66. The second kappa shape index (κ2) is 5.26. The monoisotopic (exact) mass is 297 g/mol. The Morgan fingerprint density at radius 3 is 2.68 bits per heavy atom. The van der Waals surface area contributed by atoms with Crippen molar-refractivity contribution < 1.29 is 0 Å². The molecule has 2 fully saturated rings. The first-order valence-electron chi connectivity index (χ1n) is 9.07. The fraction of sp³-hybridized carbons (Fsp3) is 0.762. The minimum atomic E-state index is -0.168. The summed E-state index contributed by atoms with van der Waals surface area (Å²) in [5, 5.41) is 0. The molecule has 1 nitrogen and oxygen atoms in total. The van der Waals surface area contributed by atoms with Crippen molar-refractivity contribution in [3.8, 4) is 0 Å². The number of allylic oxidation sites excluding steroid dienone is 3. The maximum atomic E-state index is 7.88. The molecular weight excluding hydrogens is 266 g/mol. The van der Waals surface area contributed by atoms with Crippen LogP contribution in [0.5, 0.6) is 0 Å². The highest BCUT2D eigenvalue weighted by molar-refractivity contribution is 5.30. The normalized spacial score (nSPS) is 47.7. The van der Waals surface area contributed by atoms with Crippen molar-refractivity contribution in [3.63, 3.8) is 0 Å². The molecule has 0 N–H and O–H groups in total. The lowest BCUT2D eigenvalue weighted by Crippen LogP contribution is -2.59. The Bertz CT molecular complexity index is 551. The zero-order valence-electron chi connectivity index (χ0n) is 14.8. The molecule has 0 saturated heterocycles. The molecule has 0 radical (unpaired) electrons. The van der Waals surface area contributed by atoms with Gasteiger partial charge in [-0.3, -0.25) is 0 Å². The van der Waals surface area contributed by atoms with E-state index >= 15 is 0 Å². The van der Waals surface area contributed by atoms with Gasteiger partial charge in [-0.1, -0.05) is 30.7 Å². The second-order valence-corrected chi connectivity index (χ2v) is 8.65. The molecule has 2 saturated carbocycles. The van der Waals surface area contributed by atoms with Gasteiger partial charge in [0.05, 0.1) is 0 Å². The van der Waals surface area contributed by atoms with Gasteiger partial charge in [0.25, 0.3) is 0 Å². The topological polar surface area (TPSA) is 4.36 Å². The largest absolute Gasteiger partial charge is 0.310 e. The van der Waals surface area contributed by atoms with E-state index in [-0.39, 0.29) is 11.0 Å². The summed E-state index contributed by atoms with van der Waals surface area (Å²) in [6.07, 6.45) is 9.93. The fourth-order valence-corrected chi connectivity index (χ4v) is 6.38. The average molecular weight is 297 g/mol. The van der Waals surface area contributed by atoms with Crippen molar-refractivity contribution >= 4 is 0 Å². The quantitative estimate of drug-likeness (QED) is 0.410. The number of nitrogens with zero attached hydrogens (tertiary/aromatic N) is 1. The van der Waals surface area contributed by atoms with Crippen LogP contribution in [0.25, 0.3) is 4.85 Å². The standard InChI is InChI=1S/C21H31N/c1-14(2)17-9-8-16(4)18-11-12-20(5,22-6)19-10-7-15(3)13-21(17,18)19/h13,16-19H,1,7-12H2,2-5H3/t16?,17-,18?,19-,20-,21-/m0/s1. The van der Waals surface area contributed by atoms with Gasteiger partial charge in [-0.15, -0.1) is 0 Å². The van der Waals surface area contributed by atoms with Crippen molar-refractivity contribution in [1.29, 1.82) is 0 Å². The SMILES string of the molecule is [C-]#[N+][C@@]1(C)CCC2C(C)CC[C@@H](C(=C)C)[C@@]23C=C(C)CC[C@H]31. The van der Waals surface area contributed by atoms with E-state index in [1.165, 1.54) is 37.7 Å². The smallest absolute Gasteiger partial charge is 0.233 e. The Morgan fingerprint density at radius 1 is 1.32 bits per heavy atom. The molecule has 3 aliphatic rings. The van der Waals surface area contributed by atoms with Crippen molar-refractivity contribution in [2.45, 2.75) is 71.8 Å². The van der Waals surface area contributed by atoms with E-state index in [2.05, 4.69) is 45.2 Å². The van der Waals surface area contributed by atoms with E-state index in [1.54, 1.807) is 5.57 Å². The number of hydrogen-bond acceptors (Lipinski definition) is 0. The first kappa shape index (κ1) is 15.9. The van der Waals surface area contributed by atoms with Gasteiger partial charge in [0.2, 0.25) is 5.54 Å². The molecule has 22 heavy (non-hydrogen) atoms. The molecule has 0 aromatic carbocycles. The Kier molecular flexibility index (Phi) is 3.79. The summed E-state index contributed by atoms with van der Waals surface area (Å²) in [5.74, 6) is 2.63. The molecule has 0 aliphatic heterocycles. The third-order valence-corrected chi connectivity index (χ3v) is 7.33. The third kappa shape index (κ3) is 2.03. The summed E-state index contributed by atoms with van der Waals surface area (Å²) in [7, 11) is 0. The maximum absolute atomic E-state index is 7.88. The molecular formula is C21H31N. The van der Waals surface area contributed by atoms with E-state index < -0.39 is 0 Å². The zero-order chi connectivity index (χ0) is 16.1. The molecule has 6 atom stereocenters. The molecule has 3 rings (SSSR count). The van der Waals surface area contributed by atoms with E-state index in [1.807, 2.05) is 0 Å². The van der Waals surface area contributed by atoms with Crippen LogP contribution in [-0.2, 0) is 0 Å². The molecule has 0 heterocycles. The van der Waals surface area contributed by atoms with Gasteiger partial charge in [-0.25, -0.2) is 6.57 Å². The Morgan fingerprint density at radius 2 is 2.05 bits per heavy atom. The van der Waals surface area contributed by atoms with Gasteiger partial charge < -0.3 is 4.85 Å². The summed E-state index contributed by atoms with van der Waals surface area (Å²) in [6, 6.07) is 0. The van der Waals surface area contributed by atoms with Gasteiger partial charge in [-0.2, -0.15) is 0 Å². The lowest BCUT2D eigenvalue weighted by Gasteiger charge is -2.61. The molecule has 0 aromatic heterocycles. The second-order valence-electron chi connectivity index (χ2n) is 8.65. The first-order valence-corrected chi connectivity index (χ1v) is 9.07. The van der Waals surface area contributed by atoms with Crippen LogP contribution in [0, 0.1) is 35.7 Å². The molecule has 120 valence electrons. The van der Waals surface area contributed by atoms with Crippen LogP contribution in [0.1, 0.15) is 66.2 Å². The van der Waals surface area contributed by atoms with Crippen LogP contribution < -0.4 is 0 Å². The van der Waals surface area contributed by atoms with Crippen LogP contribution in [0.4, 0.5) is 0 Å². The van der Waals surface area contributed by atoms with E-state index in [0.29, 0.717) is 11.8 Å². The van der Waals surface area contributed by atoms with Crippen LogP contribution in [-0.4, -0.2) is 5.54 Å². The predicted octanol–water partition coefficient (Wildman–Crippen LogP) is 6.04. The predicted molar refractivity (Wildman–Crippen MR) is 93.3 cm³/mol. The van der Waals surface area contributed by atoms with Gasteiger partial charge >= 0.3 is 0 Å². The number of hydrogen-bond donors (Lipinski definition) is 0. The van der Waals surface area contributed by atoms with E-state index in [0.717, 1.165) is 18.3 Å². The number of rotatable bonds is 1. The fourth-order valence-electron chi connectivity index (χ4n) is 6.38. The lowest BCUT2D eigenvalue weighted by molar-refractivity contribution is -0.0733. The van der Waals surface area contributed by atoms with Gasteiger partial charge in [0.1, 0.15) is 0 Å². The third-order valence-electron chi connectivity index (χ3n) is 7.33.